The highest BCUT2D eigenvalue weighted by atomic mass is 16.3. The van der Waals surface area contributed by atoms with Crippen molar-refractivity contribution in [3.8, 4) is 0 Å². The first-order chi connectivity index (χ1) is 10.4. The van der Waals surface area contributed by atoms with Crippen LogP contribution in [0, 0.1) is 5.92 Å². The topological polar surface area (TPSA) is 99.6 Å². The van der Waals surface area contributed by atoms with Crippen molar-refractivity contribution in [2.45, 2.75) is 6.42 Å². The van der Waals surface area contributed by atoms with E-state index in [9.17, 15) is 5.11 Å². The van der Waals surface area contributed by atoms with Gasteiger partial charge in [-0.25, -0.2) is 15.0 Å². The number of nitrogens with one attached hydrogen (secondary N) is 2. The number of H-pyrrole nitrogens is 1. The second-order valence-electron chi connectivity index (χ2n) is 4.78. The molecule has 0 bridgehead atoms. The van der Waals surface area contributed by atoms with E-state index in [2.05, 4.69) is 30.2 Å². The van der Waals surface area contributed by atoms with Crippen LogP contribution in [0.1, 0.15) is 5.69 Å². The third kappa shape index (κ3) is 3.14. The fraction of sp³-hybridized carbons (Fsp3) is 0.286. The first kappa shape index (κ1) is 13.4. The number of nitrogens with zero attached hydrogens (tertiary/aromatic N) is 4. The summed E-state index contributed by atoms with van der Waals surface area (Å²) in [7, 11) is 0. The van der Waals surface area contributed by atoms with Crippen LogP contribution in [-0.4, -0.2) is 43.2 Å². The van der Waals surface area contributed by atoms with E-state index in [1.807, 2.05) is 18.2 Å². The van der Waals surface area contributed by atoms with Crippen LogP contribution in [0.2, 0.25) is 0 Å². The van der Waals surface area contributed by atoms with Crippen LogP contribution in [0.4, 0.5) is 5.82 Å². The van der Waals surface area contributed by atoms with Crippen molar-refractivity contribution >= 4 is 17.0 Å². The molecule has 1 atom stereocenters. The first-order valence-corrected chi connectivity index (χ1v) is 6.75. The molecular weight excluding hydrogens is 268 g/mol. The SMILES string of the molecule is OC[C@H](CNc1ncnc2nc[nH]c12)Cc1ccccn1. The number of rotatable bonds is 6. The minimum atomic E-state index is 0.0628. The number of hydrogen-bond donors (Lipinski definition) is 3. The zero-order chi connectivity index (χ0) is 14.5. The molecule has 3 rings (SSSR count). The van der Waals surface area contributed by atoms with Crippen LogP contribution >= 0.6 is 0 Å². The zero-order valence-electron chi connectivity index (χ0n) is 11.4. The smallest absolute Gasteiger partial charge is 0.182 e. The van der Waals surface area contributed by atoms with E-state index in [0.29, 0.717) is 24.4 Å². The summed E-state index contributed by atoms with van der Waals surface area (Å²) in [5, 5.41) is 12.8. The van der Waals surface area contributed by atoms with Gasteiger partial charge in [0.1, 0.15) is 11.8 Å². The van der Waals surface area contributed by atoms with E-state index < -0.39 is 0 Å². The number of aromatic nitrogens is 5. The summed E-state index contributed by atoms with van der Waals surface area (Å²) in [5.41, 5.74) is 2.36. The number of anilines is 1. The molecule has 0 aliphatic rings. The Hall–Kier alpha value is -2.54. The van der Waals surface area contributed by atoms with Gasteiger partial charge in [-0.05, 0) is 18.6 Å². The maximum Gasteiger partial charge on any atom is 0.182 e. The monoisotopic (exact) mass is 284 g/mol. The quantitative estimate of drug-likeness (QED) is 0.624. The Kier molecular flexibility index (Phi) is 4.02. The van der Waals surface area contributed by atoms with Crippen molar-refractivity contribution < 1.29 is 5.11 Å². The van der Waals surface area contributed by atoms with E-state index >= 15 is 0 Å². The molecule has 3 aromatic rings. The number of aliphatic hydroxyl groups is 1. The predicted octanol–water partition coefficient (Wildman–Crippen LogP) is 1.01. The Morgan fingerprint density at radius 1 is 1.19 bits per heavy atom. The maximum absolute atomic E-state index is 9.52. The van der Waals surface area contributed by atoms with Gasteiger partial charge >= 0.3 is 0 Å². The molecule has 0 aromatic carbocycles. The van der Waals surface area contributed by atoms with Crippen LogP contribution in [-0.2, 0) is 6.42 Å². The van der Waals surface area contributed by atoms with Crippen LogP contribution in [0.25, 0.3) is 11.2 Å². The number of fused-ring (bicyclic) bond motifs is 1. The molecule has 3 N–H and O–H groups in total. The van der Waals surface area contributed by atoms with E-state index in [1.54, 1.807) is 12.5 Å². The van der Waals surface area contributed by atoms with Gasteiger partial charge in [-0.3, -0.25) is 4.98 Å². The minimum absolute atomic E-state index is 0.0628. The molecule has 0 saturated carbocycles. The molecule has 0 radical (unpaired) electrons. The van der Waals surface area contributed by atoms with Gasteiger partial charge in [0.2, 0.25) is 0 Å². The van der Waals surface area contributed by atoms with Gasteiger partial charge in [-0.1, -0.05) is 6.07 Å². The normalized spacial score (nSPS) is 12.4. The number of aromatic amines is 1. The molecule has 3 heterocycles. The molecule has 0 spiro atoms. The Bertz CT molecular complexity index is 699. The van der Waals surface area contributed by atoms with Gasteiger partial charge in [-0.2, -0.15) is 0 Å². The Morgan fingerprint density at radius 2 is 2.14 bits per heavy atom. The van der Waals surface area contributed by atoms with Crippen molar-refractivity contribution in [3.05, 3.63) is 42.7 Å². The summed E-state index contributed by atoms with van der Waals surface area (Å²) in [5.74, 6) is 0.754. The Balaban J connectivity index is 1.66. The molecule has 7 nitrogen and oxygen atoms in total. The number of aliphatic hydroxyl groups excluding tert-OH is 1. The summed E-state index contributed by atoms with van der Waals surface area (Å²) < 4.78 is 0. The van der Waals surface area contributed by atoms with Gasteiger partial charge in [0.25, 0.3) is 0 Å². The van der Waals surface area contributed by atoms with Crippen LogP contribution in [0.3, 0.4) is 0 Å². The van der Waals surface area contributed by atoms with Crippen LogP contribution in [0.5, 0.6) is 0 Å². The number of hydrogen-bond acceptors (Lipinski definition) is 6. The van der Waals surface area contributed by atoms with Gasteiger partial charge in [0.15, 0.2) is 11.5 Å². The van der Waals surface area contributed by atoms with Gasteiger partial charge in [0.05, 0.1) is 6.33 Å². The molecule has 0 unspecified atom stereocenters. The number of imidazole rings is 1. The molecule has 7 heteroatoms. The van der Waals surface area contributed by atoms with Crippen LogP contribution in [0.15, 0.2) is 37.1 Å². The van der Waals surface area contributed by atoms with E-state index in [4.69, 9.17) is 0 Å². The zero-order valence-corrected chi connectivity index (χ0v) is 11.4. The first-order valence-electron chi connectivity index (χ1n) is 6.75. The lowest BCUT2D eigenvalue weighted by Gasteiger charge is -2.15. The summed E-state index contributed by atoms with van der Waals surface area (Å²) in [6, 6.07) is 5.79. The van der Waals surface area contributed by atoms with Crippen molar-refractivity contribution in [2.24, 2.45) is 5.92 Å². The summed E-state index contributed by atoms with van der Waals surface area (Å²) >= 11 is 0. The molecule has 0 amide bonds. The Morgan fingerprint density at radius 3 is 2.95 bits per heavy atom. The lowest BCUT2D eigenvalue weighted by atomic mass is 10.0. The highest BCUT2D eigenvalue weighted by Gasteiger charge is 2.11. The van der Waals surface area contributed by atoms with Crippen molar-refractivity contribution in [2.75, 3.05) is 18.5 Å². The molecule has 0 saturated heterocycles. The Labute approximate surface area is 121 Å². The average molecular weight is 284 g/mol. The van der Waals surface area contributed by atoms with Gasteiger partial charge < -0.3 is 15.4 Å². The molecule has 0 fully saturated rings. The van der Waals surface area contributed by atoms with Crippen LogP contribution < -0.4 is 5.32 Å². The highest BCUT2D eigenvalue weighted by Crippen LogP contribution is 2.15. The number of pyridine rings is 1. The molecule has 0 aliphatic heterocycles. The van der Waals surface area contributed by atoms with E-state index in [0.717, 1.165) is 11.2 Å². The summed E-state index contributed by atoms with van der Waals surface area (Å²) in [4.78, 5) is 19.6. The molecule has 0 aliphatic carbocycles. The largest absolute Gasteiger partial charge is 0.396 e. The molecule has 3 aromatic heterocycles. The average Bonchev–Trinajstić information content (AvgIpc) is 3.01. The summed E-state index contributed by atoms with van der Waals surface area (Å²) in [6.07, 6.45) is 5.53. The van der Waals surface area contributed by atoms with Crippen molar-refractivity contribution in [3.63, 3.8) is 0 Å². The van der Waals surface area contributed by atoms with Gasteiger partial charge in [-0.15, -0.1) is 0 Å². The predicted molar refractivity (Wildman–Crippen MR) is 78.7 cm³/mol. The van der Waals surface area contributed by atoms with E-state index in [-0.39, 0.29) is 12.5 Å². The fourth-order valence-corrected chi connectivity index (χ4v) is 2.16. The second kappa shape index (κ2) is 6.27. The van der Waals surface area contributed by atoms with Crippen molar-refractivity contribution in [1.29, 1.82) is 0 Å². The molecular formula is C14H16N6O. The minimum Gasteiger partial charge on any atom is -0.396 e. The van der Waals surface area contributed by atoms with E-state index in [1.165, 1.54) is 6.33 Å². The third-order valence-electron chi connectivity index (χ3n) is 3.26. The van der Waals surface area contributed by atoms with Crippen molar-refractivity contribution in [1.82, 2.24) is 24.9 Å². The second-order valence-corrected chi connectivity index (χ2v) is 4.78. The van der Waals surface area contributed by atoms with Gasteiger partial charge in [0, 0.05) is 31.0 Å². The lowest BCUT2D eigenvalue weighted by Crippen LogP contribution is -2.21. The standard InChI is InChI=1S/C14H16N6O/c21-7-10(5-11-3-1-2-4-15-11)6-16-13-12-14(18-8-17-12)20-9-19-13/h1-4,8-10,21H,5-7H2,(H2,16,17,18,19,20)/t10-/m0/s1. The maximum atomic E-state index is 9.52. The highest BCUT2D eigenvalue weighted by molar-refractivity contribution is 5.81. The molecule has 21 heavy (non-hydrogen) atoms. The fourth-order valence-electron chi connectivity index (χ4n) is 2.16. The lowest BCUT2D eigenvalue weighted by molar-refractivity contribution is 0.232. The molecule has 108 valence electrons. The third-order valence-corrected chi connectivity index (χ3v) is 3.26. The summed E-state index contributed by atoms with van der Waals surface area (Å²) in [6.45, 7) is 0.680.